The quantitative estimate of drug-likeness (QED) is 0.223. The second-order valence-electron chi connectivity index (χ2n) is 6.86. The van der Waals surface area contributed by atoms with E-state index in [1.165, 1.54) is 36.4 Å². The number of benzene rings is 3. The first-order valence-corrected chi connectivity index (χ1v) is 9.25. The van der Waals surface area contributed by atoms with Gasteiger partial charge in [0.05, 0.1) is 16.5 Å². The predicted molar refractivity (Wildman–Crippen MR) is 111 cm³/mol. The third-order valence-electron chi connectivity index (χ3n) is 5.02. The van der Waals surface area contributed by atoms with Crippen molar-refractivity contribution in [3.63, 3.8) is 0 Å². The van der Waals surface area contributed by atoms with Gasteiger partial charge in [-0.1, -0.05) is 30.3 Å². The molecule has 0 spiro atoms. The summed E-state index contributed by atoms with van der Waals surface area (Å²) < 4.78 is 13.4. The number of halogens is 1. The van der Waals surface area contributed by atoms with E-state index in [0.717, 1.165) is 17.0 Å². The van der Waals surface area contributed by atoms with E-state index in [-0.39, 0.29) is 22.7 Å². The van der Waals surface area contributed by atoms with Gasteiger partial charge in [0, 0.05) is 23.4 Å². The number of nitro benzene ring substituents is 1. The van der Waals surface area contributed by atoms with E-state index < -0.39 is 28.5 Å². The van der Waals surface area contributed by atoms with Gasteiger partial charge >= 0.3 is 0 Å². The van der Waals surface area contributed by atoms with Crippen molar-refractivity contribution in [2.45, 2.75) is 6.04 Å². The highest BCUT2D eigenvalue weighted by molar-refractivity contribution is 6.51. The fourth-order valence-corrected chi connectivity index (χ4v) is 3.55. The number of hydrogen-bond donors (Lipinski definition) is 1. The van der Waals surface area contributed by atoms with E-state index in [2.05, 4.69) is 0 Å². The molecule has 1 aliphatic heterocycles. The summed E-state index contributed by atoms with van der Waals surface area (Å²) in [5.74, 6) is -2.69. The van der Waals surface area contributed by atoms with Gasteiger partial charge in [-0.15, -0.1) is 0 Å². The molecule has 8 heteroatoms. The van der Waals surface area contributed by atoms with Crippen molar-refractivity contribution >= 4 is 28.8 Å². The molecule has 3 aromatic carbocycles. The van der Waals surface area contributed by atoms with Crippen molar-refractivity contribution in [3.05, 3.63) is 111 Å². The van der Waals surface area contributed by atoms with Gasteiger partial charge in [-0.05, 0) is 42.0 Å². The number of non-ortho nitro benzene ring substituents is 1. The van der Waals surface area contributed by atoms with Crippen LogP contribution < -0.4 is 4.90 Å². The Bertz CT molecular complexity index is 1200. The second-order valence-corrected chi connectivity index (χ2v) is 6.86. The maximum Gasteiger partial charge on any atom is 0.300 e. The van der Waals surface area contributed by atoms with Crippen LogP contribution in [-0.4, -0.2) is 21.7 Å². The van der Waals surface area contributed by atoms with Crippen LogP contribution >= 0.6 is 0 Å². The summed E-state index contributed by atoms with van der Waals surface area (Å²) in [6, 6.07) is 17.6. The van der Waals surface area contributed by atoms with Gasteiger partial charge in [0.15, 0.2) is 0 Å². The summed E-state index contributed by atoms with van der Waals surface area (Å²) >= 11 is 0. The molecule has 154 valence electrons. The van der Waals surface area contributed by atoms with Crippen LogP contribution in [-0.2, 0) is 9.59 Å². The number of aliphatic hydroxyl groups is 1. The molecule has 1 unspecified atom stereocenters. The number of carbonyl (C=O) groups is 2. The van der Waals surface area contributed by atoms with Gasteiger partial charge in [0.2, 0.25) is 0 Å². The van der Waals surface area contributed by atoms with E-state index in [1.54, 1.807) is 30.3 Å². The lowest BCUT2D eigenvalue weighted by Crippen LogP contribution is -2.29. The molecule has 1 fully saturated rings. The van der Waals surface area contributed by atoms with E-state index in [0.29, 0.717) is 11.1 Å². The van der Waals surface area contributed by atoms with Gasteiger partial charge in [0.25, 0.3) is 17.4 Å². The molecule has 0 bridgehead atoms. The Kier molecular flexibility index (Phi) is 5.04. The molecule has 1 heterocycles. The summed E-state index contributed by atoms with van der Waals surface area (Å²) in [5.41, 5.74) is 0.650. The number of amides is 1. The van der Waals surface area contributed by atoms with Crippen molar-refractivity contribution in [2.75, 3.05) is 4.90 Å². The third-order valence-corrected chi connectivity index (χ3v) is 5.02. The molecule has 7 nitrogen and oxygen atoms in total. The van der Waals surface area contributed by atoms with Crippen LogP contribution in [0.25, 0.3) is 5.76 Å². The van der Waals surface area contributed by atoms with Gasteiger partial charge in [0.1, 0.15) is 11.6 Å². The Morgan fingerprint density at radius 1 is 0.935 bits per heavy atom. The number of ketones is 1. The normalized spacial score (nSPS) is 17.7. The predicted octanol–water partition coefficient (Wildman–Crippen LogP) is 4.36. The third kappa shape index (κ3) is 3.55. The molecular weight excluding hydrogens is 403 g/mol. The molecule has 1 saturated heterocycles. The summed E-state index contributed by atoms with van der Waals surface area (Å²) in [5, 5.41) is 21.9. The van der Waals surface area contributed by atoms with Crippen LogP contribution in [0.5, 0.6) is 0 Å². The summed E-state index contributed by atoms with van der Waals surface area (Å²) in [6.07, 6.45) is 0. The van der Waals surface area contributed by atoms with Gasteiger partial charge in [-0.3, -0.25) is 24.6 Å². The molecule has 1 amide bonds. The van der Waals surface area contributed by atoms with Crippen molar-refractivity contribution in [3.8, 4) is 0 Å². The maximum atomic E-state index is 13.4. The minimum Gasteiger partial charge on any atom is -0.507 e. The first kappa shape index (κ1) is 20.0. The average Bonchev–Trinajstić information content (AvgIpc) is 3.05. The van der Waals surface area contributed by atoms with E-state index in [9.17, 15) is 29.2 Å². The van der Waals surface area contributed by atoms with Crippen molar-refractivity contribution in [2.24, 2.45) is 0 Å². The maximum absolute atomic E-state index is 13.4. The fraction of sp³-hybridized carbons (Fsp3) is 0.0435. The minimum absolute atomic E-state index is 0.158. The van der Waals surface area contributed by atoms with Crippen LogP contribution in [0.2, 0.25) is 0 Å². The SMILES string of the molecule is O=C1C(=O)N(c2ccc(F)cc2)C(c2ccc([N+](=O)[O-])cc2)/C1=C(\O)c1ccccc1. The summed E-state index contributed by atoms with van der Waals surface area (Å²) in [6.45, 7) is 0. The lowest BCUT2D eigenvalue weighted by atomic mass is 9.95. The van der Waals surface area contributed by atoms with Gasteiger partial charge < -0.3 is 5.11 Å². The van der Waals surface area contributed by atoms with Crippen LogP contribution in [0, 0.1) is 15.9 Å². The second kappa shape index (κ2) is 7.83. The highest BCUT2D eigenvalue weighted by Crippen LogP contribution is 2.42. The number of aliphatic hydroxyl groups excluding tert-OH is 1. The monoisotopic (exact) mass is 418 g/mol. The van der Waals surface area contributed by atoms with E-state index in [4.69, 9.17) is 0 Å². The minimum atomic E-state index is -1.05. The molecule has 3 aromatic rings. The number of nitrogens with zero attached hydrogens (tertiary/aromatic N) is 2. The molecule has 0 radical (unpaired) electrons. The topological polar surface area (TPSA) is 101 Å². The fourth-order valence-electron chi connectivity index (χ4n) is 3.55. The highest BCUT2D eigenvalue weighted by atomic mass is 19.1. The van der Waals surface area contributed by atoms with Crippen LogP contribution in [0.15, 0.2) is 84.4 Å². The average molecular weight is 418 g/mol. The Hall–Kier alpha value is -4.33. The van der Waals surface area contributed by atoms with Crippen LogP contribution in [0.1, 0.15) is 17.2 Å². The smallest absolute Gasteiger partial charge is 0.300 e. The van der Waals surface area contributed by atoms with Crippen molar-refractivity contribution in [1.29, 1.82) is 0 Å². The van der Waals surface area contributed by atoms with E-state index in [1.807, 2.05) is 0 Å². The standard InChI is InChI=1S/C23H15FN2O5/c24-16-8-12-17(13-9-16)25-20(14-6-10-18(11-7-14)26(30)31)19(22(28)23(25)29)21(27)15-4-2-1-3-5-15/h1-13,20,27H/b21-19+. The number of anilines is 1. The Morgan fingerprint density at radius 2 is 1.55 bits per heavy atom. The molecule has 1 atom stereocenters. The number of Topliss-reactive ketones (excluding diaryl/α,β-unsaturated/α-hetero) is 1. The zero-order chi connectivity index (χ0) is 22.1. The molecule has 31 heavy (non-hydrogen) atoms. The molecule has 1 aliphatic rings. The molecule has 4 rings (SSSR count). The molecule has 1 N–H and O–H groups in total. The molecule has 0 aromatic heterocycles. The van der Waals surface area contributed by atoms with Crippen LogP contribution in [0.4, 0.5) is 15.8 Å². The largest absolute Gasteiger partial charge is 0.507 e. The Labute approximate surface area is 175 Å². The molecule has 0 aliphatic carbocycles. The molecule has 0 saturated carbocycles. The number of nitro groups is 1. The molecular formula is C23H15FN2O5. The number of rotatable bonds is 4. The zero-order valence-corrected chi connectivity index (χ0v) is 15.9. The van der Waals surface area contributed by atoms with Gasteiger partial charge in [-0.25, -0.2) is 4.39 Å². The number of hydrogen-bond acceptors (Lipinski definition) is 5. The van der Waals surface area contributed by atoms with Crippen molar-refractivity contribution < 1.29 is 24.0 Å². The number of carbonyl (C=O) groups excluding carboxylic acids is 2. The lowest BCUT2D eigenvalue weighted by molar-refractivity contribution is -0.384. The van der Waals surface area contributed by atoms with Crippen molar-refractivity contribution in [1.82, 2.24) is 0 Å². The van der Waals surface area contributed by atoms with E-state index >= 15 is 0 Å². The first-order valence-electron chi connectivity index (χ1n) is 9.25. The highest BCUT2D eigenvalue weighted by Gasteiger charge is 2.47. The Morgan fingerprint density at radius 3 is 2.13 bits per heavy atom. The Balaban J connectivity index is 1.93. The van der Waals surface area contributed by atoms with Crippen LogP contribution in [0.3, 0.4) is 0 Å². The van der Waals surface area contributed by atoms with Gasteiger partial charge in [-0.2, -0.15) is 0 Å². The first-order chi connectivity index (χ1) is 14.9. The zero-order valence-electron chi connectivity index (χ0n) is 15.9. The summed E-state index contributed by atoms with van der Waals surface area (Å²) in [4.78, 5) is 37.5. The summed E-state index contributed by atoms with van der Waals surface area (Å²) in [7, 11) is 0. The lowest BCUT2D eigenvalue weighted by Gasteiger charge is -2.25.